The van der Waals surface area contributed by atoms with Crippen LogP contribution >= 0.6 is 0 Å². The van der Waals surface area contributed by atoms with Crippen LogP contribution in [0.25, 0.3) is 0 Å². The van der Waals surface area contributed by atoms with Gasteiger partial charge in [0.15, 0.2) is 6.10 Å². The number of alkyl halides is 3. The molecule has 0 bridgehead atoms. The third kappa shape index (κ3) is 4.97. The zero-order valence-corrected chi connectivity index (χ0v) is 13.0. The number of anilines is 1. The van der Waals surface area contributed by atoms with Crippen molar-refractivity contribution in [3.05, 3.63) is 59.7 Å². The molecule has 0 spiro atoms. The summed E-state index contributed by atoms with van der Waals surface area (Å²) in [5, 5.41) is 11.4. The van der Waals surface area contributed by atoms with E-state index in [2.05, 4.69) is 5.32 Å². The fourth-order valence-electron chi connectivity index (χ4n) is 1.90. The Morgan fingerprint density at radius 3 is 2.36 bits per heavy atom. The zero-order chi connectivity index (χ0) is 18.6. The summed E-state index contributed by atoms with van der Waals surface area (Å²) in [5.74, 6) is -1.61. The van der Waals surface area contributed by atoms with Gasteiger partial charge in [0.25, 0.3) is 5.91 Å². The number of amides is 1. The Labute approximate surface area is 141 Å². The van der Waals surface area contributed by atoms with Gasteiger partial charge in [0, 0.05) is 5.69 Å². The zero-order valence-electron chi connectivity index (χ0n) is 13.0. The number of carbonyl (C=O) groups is 2. The molecular weight excluding hydrogens is 339 g/mol. The highest BCUT2D eigenvalue weighted by molar-refractivity contribution is 5.97. The van der Waals surface area contributed by atoms with Gasteiger partial charge in [-0.25, -0.2) is 4.79 Å². The fraction of sp³-hybridized carbons (Fsp3) is 0.176. The van der Waals surface area contributed by atoms with Crippen LogP contribution in [0.2, 0.25) is 0 Å². The second kappa shape index (κ2) is 7.25. The van der Waals surface area contributed by atoms with E-state index in [0.717, 1.165) is 18.2 Å². The molecule has 0 heterocycles. The van der Waals surface area contributed by atoms with Crippen LogP contribution in [0, 0.1) is 0 Å². The molecule has 8 heteroatoms. The quantitative estimate of drug-likeness (QED) is 0.824. The Balaban J connectivity index is 2.01. The van der Waals surface area contributed by atoms with Crippen molar-refractivity contribution in [3.63, 3.8) is 0 Å². The summed E-state index contributed by atoms with van der Waals surface area (Å²) in [7, 11) is 0. The summed E-state index contributed by atoms with van der Waals surface area (Å²) in [6.45, 7) is 1.29. The maximum atomic E-state index is 12.7. The molecule has 25 heavy (non-hydrogen) atoms. The molecule has 0 aliphatic heterocycles. The molecule has 0 fully saturated rings. The van der Waals surface area contributed by atoms with Gasteiger partial charge in [-0.15, -0.1) is 0 Å². The van der Waals surface area contributed by atoms with Crippen molar-refractivity contribution >= 4 is 17.6 Å². The molecule has 0 aliphatic rings. The predicted molar refractivity (Wildman–Crippen MR) is 83.1 cm³/mol. The lowest BCUT2D eigenvalue weighted by molar-refractivity contribution is -0.137. The molecule has 0 radical (unpaired) electrons. The first-order chi connectivity index (χ1) is 11.7. The van der Waals surface area contributed by atoms with Crippen LogP contribution in [0.3, 0.4) is 0 Å². The van der Waals surface area contributed by atoms with Gasteiger partial charge in [-0.3, -0.25) is 4.79 Å². The van der Waals surface area contributed by atoms with Crippen LogP contribution in [0.4, 0.5) is 18.9 Å². The molecule has 0 unspecified atom stereocenters. The molecular formula is C17H14F3NO4. The minimum absolute atomic E-state index is 0.0353. The van der Waals surface area contributed by atoms with Gasteiger partial charge in [-0.1, -0.05) is 6.07 Å². The van der Waals surface area contributed by atoms with Crippen molar-refractivity contribution in [2.24, 2.45) is 0 Å². The van der Waals surface area contributed by atoms with Crippen LogP contribution in [-0.2, 0) is 15.7 Å². The summed E-state index contributed by atoms with van der Waals surface area (Å²) < 4.78 is 42.9. The Bertz CT molecular complexity index is 772. The molecule has 132 valence electrons. The summed E-state index contributed by atoms with van der Waals surface area (Å²) in [6.07, 6.45) is -5.76. The van der Waals surface area contributed by atoms with E-state index in [1.54, 1.807) is 0 Å². The first-order valence-corrected chi connectivity index (χ1v) is 7.15. The number of carbonyl (C=O) groups excluding carboxylic acids is 2. The van der Waals surface area contributed by atoms with Crippen molar-refractivity contribution in [2.75, 3.05) is 5.32 Å². The number of phenols is 1. The lowest BCUT2D eigenvalue weighted by atomic mass is 10.2. The minimum atomic E-state index is -4.53. The second-order valence-corrected chi connectivity index (χ2v) is 5.16. The average molecular weight is 353 g/mol. The maximum Gasteiger partial charge on any atom is 0.416 e. The molecule has 1 amide bonds. The molecule has 2 N–H and O–H groups in total. The Morgan fingerprint density at radius 1 is 1.12 bits per heavy atom. The van der Waals surface area contributed by atoms with E-state index >= 15 is 0 Å². The fourth-order valence-corrected chi connectivity index (χ4v) is 1.90. The van der Waals surface area contributed by atoms with Gasteiger partial charge >= 0.3 is 12.1 Å². The molecule has 0 saturated carbocycles. The lowest BCUT2D eigenvalue weighted by Gasteiger charge is -2.14. The van der Waals surface area contributed by atoms with Gasteiger partial charge in [0.05, 0.1) is 11.1 Å². The lowest BCUT2D eigenvalue weighted by Crippen LogP contribution is -2.30. The van der Waals surface area contributed by atoms with E-state index in [1.807, 2.05) is 0 Å². The largest absolute Gasteiger partial charge is 0.508 e. The highest BCUT2D eigenvalue weighted by atomic mass is 19.4. The Morgan fingerprint density at radius 2 is 1.76 bits per heavy atom. The van der Waals surface area contributed by atoms with E-state index in [0.29, 0.717) is 0 Å². The number of hydrogen-bond donors (Lipinski definition) is 2. The summed E-state index contributed by atoms with van der Waals surface area (Å²) >= 11 is 0. The van der Waals surface area contributed by atoms with Gasteiger partial charge in [0.2, 0.25) is 0 Å². The molecule has 1 atom stereocenters. The van der Waals surface area contributed by atoms with Crippen molar-refractivity contribution in [3.8, 4) is 5.75 Å². The number of benzene rings is 2. The van der Waals surface area contributed by atoms with Gasteiger partial charge in [0.1, 0.15) is 5.75 Å². The highest BCUT2D eigenvalue weighted by Crippen LogP contribution is 2.30. The van der Waals surface area contributed by atoms with E-state index in [4.69, 9.17) is 9.84 Å². The van der Waals surface area contributed by atoms with Crippen LogP contribution < -0.4 is 5.32 Å². The molecule has 2 aromatic rings. The predicted octanol–water partition coefficient (Wildman–Crippen LogP) is 3.60. The molecule has 0 aromatic heterocycles. The standard InChI is InChI=1S/C17H14F3NO4/c1-10(25-16(24)11-5-7-14(22)8-6-11)15(23)21-13-4-2-3-12(9-13)17(18,19)20/h2-10,22H,1H3,(H,21,23)/t10-/m0/s1. The number of ether oxygens (including phenoxy) is 1. The van der Waals surface area contributed by atoms with Crippen LogP contribution in [0.5, 0.6) is 5.75 Å². The number of aromatic hydroxyl groups is 1. The third-order valence-electron chi connectivity index (χ3n) is 3.21. The SMILES string of the molecule is C[C@H](OC(=O)c1ccc(O)cc1)C(=O)Nc1cccc(C(F)(F)F)c1. The van der Waals surface area contributed by atoms with Crippen molar-refractivity contribution in [2.45, 2.75) is 19.2 Å². The van der Waals surface area contributed by atoms with Crippen molar-refractivity contribution < 1.29 is 32.6 Å². The minimum Gasteiger partial charge on any atom is -0.508 e. The summed E-state index contributed by atoms with van der Waals surface area (Å²) in [5.41, 5.74) is -0.845. The molecule has 5 nitrogen and oxygen atoms in total. The molecule has 0 aliphatic carbocycles. The number of nitrogens with one attached hydrogen (secondary N) is 1. The van der Waals surface area contributed by atoms with E-state index in [1.165, 1.54) is 37.3 Å². The first-order valence-electron chi connectivity index (χ1n) is 7.15. The second-order valence-electron chi connectivity index (χ2n) is 5.16. The number of rotatable bonds is 4. The van der Waals surface area contributed by atoms with Crippen LogP contribution in [0.15, 0.2) is 48.5 Å². The molecule has 2 aromatic carbocycles. The number of esters is 1. The number of phenolic OH excluding ortho intramolecular Hbond substituents is 1. The average Bonchev–Trinajstić information content (AvgIpc) is 2.54. The van der Waals surface area contributed by atoms with Crippen LogP contribution in [-0.4, -0.2) is 23.1 Å². The first kappa shape index (κ1) is 18.3. The van der Waals surface area contributed by atoms with Crippen molar-refractivity contribution in [1.29, 1.82) is 0 Å². The monoisotopic (exact) mass is 353 g/mol. The van der Waals surface area contributed by atoms with E-state index in [9.17, 15) is 22.8 Å². The van der Waals surface area contributed by atoms with Crippen LogP contribution in [0.1, 0.15) is 22.8 Å². The van der Waals surface area contributed by atoms with Gasteiger partial charge in [-0.2, -0.15) is 13.2 Å². The molecule has 0 saturated heterocycles. The maximum absolute atomic E-state index is 12.7. The van der Waals surface area contributed by atoms with E-state index < -0.39 is 29.7 Å². The molecule has 2 rings (SSSR count). The van der Waals surface area contributed by atoms with Gasteiger partial charge < -0.3 is 15.2 Å². The Kier molecular flexibility index (Phi) is 5.31. The van der Waals surface area contributed by atoms with E-state index in [-0.39, 0.29) is 17.0 Å². The summed E-state index contributed by atoms with van der Waals surface area (Å²) in [6, 6.07) is 9.31. The number of halogens is 3. The summed E-state index contributed by atoms with van der Waals surface area (Å²) in [4.78, 5) is 23.9. The highest BCUT2D eigenvalue weighted by Gasteiger charge is 2.30. The third-order valence-corrected chi connectivity index (χ3v) is 3.21. The number of hydrogen-bond acceptors (Lipinski definition) is 4. The normalized spacial score (nSPS) is 12.3. The Hall–Kier alpha value is -3.03. The topological polar surface area (TPSA) is 75.6 Å². The smallest absolute Gasteiger partial charge is 0.416 e. The van der Waals surface area contributed by atoms with Gasteiger partial charge in [-0.05, 0) is 49.4 Å². The van der Waals surface area contributed by atoms with Crippen molar-refractivity contribution in [1.82, 2.24) is 0 Å².